The highest BCUT2D eigenvalue weighted by Gasteiger charge is 2.22. The first-order valence-electron chi connectivity index (χ1n) is 8.49. The smallest absolute Gasteiger partial charge is 0.253 e. The van der Waals surface area contributed by atoms with E-state index in [4.69, 9.17) is 9.47 Å². The van der Waals surface area contributed by atoms with Crippen LogP contribution in [0.2, 0.25) is 0 Å². The zero-order valence-electron chi connectivity index (χ0n) is 14.8. The summed E-state index contributed by atoms with van der Waals surface area (Å²) in [6, 6.07) is 15.4. The number of amides is 1. The Morgan fingerprint density at radius 1 is 0.920 bits per heavy atom. The molecule has 0 N–H and O–H groups in total. The van der Waals surface area contributed by atoms with Gasteiger partial charge in [0.25, 0.3) is 5.91 Å². The van der Waals surface area contributed by atoms with Crippen molar-refractivity contribution in [1.29, 1.82) is 0 Å². The number of hydrogen-bond acceptors (Lipinski definition) is 4. The van der Waals surface area contributed by atoms with E-state index in [-0.39, 0.29) is 5.91 Å². The molecule has 3 rings (SSSR count). The maximum Gasteiger partial charge on any atom is 0.253 e. The average Bonchev–Trinajstić information content (AvgIpc) is 2.68. The van der Waals surface area contributed by atoms with Gasteiger partial charge in [-0.15, -0.1) is 0 Å². The van der Waals surface area contributed by atoms with Crippen molar-refractivity contribution in [2.75, 3.05) is 40.4 Å². The van der Waals surface area contributed by atoms with Gasteiger partial charge in [-0.2, -0.15) is 0 Å². The number of methoxy groups -OCH3 is 2. The Balaban J connectivity index is 1.56. The van der Waals surface area contributed by atoms with Gasteiger partial charge in [0.05, 0.1) is 14.2 Å². The number of hydrogen-bond donors (Lipinski definition) is 0. The molecule has 1 amide bonds. The molecule has 1 aliphatic rings. The molecule has 5 heteroatoms. The van der Waals surface area contributed by atoms with Gasteiger partial charge < -0.3 is 14.4 Å². The van der Waals surface area contributed by atoms with Crippen LogP contribution in [0.1, 0.15) is 15.9 Å². The quantitative estimate of drug-likeness (QED) is 0.839. The molecule has 1 saturated heterocycles. The van der Waals surface area contributed by atoms with Crippen molar-refractivity contribution in [2.45, 2.75) is 6.54 Å². The Labute approximate surface area is 148 Å². The molecule has 0 bridgehead atoms. The van der Waals surface area contributed by atoms with Crippen LogP contribution in [0.3, 0.4) is 0 Å². The summed E-state index contributed by atoms with van der Waals surface area (Å²) in [6.45, 7) is 4.04. The molecule has 0 radical (unpaired) electrons. The Morgan fingerprint density at radius 3 is 2.24 bits per heavy atom. The first kappa shape index (κ1) is 17.3. The first-order valence-corrected chi connectivity index (χ1v) is 8.49. The van der Waals surface area contributed by atoms with Crippen molar-refractivity contribution in [3.63, 3.8) is 0 Å². The van der Waals surface area contributed by atoms with Crippen molar-refractivity contribution >= 4 is 5.91 Å². The predicted molar refractivity (Wildman–Crippen MR) is 97.2 cm³/mol. The van der Waals surface area contributed by atoms with E-state index in [0.29, 0.717) is 5.56 Å². The maximum atomic E-state index is 12.6. The summed E-state index contributed by atoms with van der Waals surface area (Å²) in [7, 11) is 3.32. The number of ether oxygens (including phenoxy) is 2. The number of benzene rings is 2. The Morgan fingerprint density at radius 2 is 1.60 bits per heavy atom. The third kappa shape index (κ3) is 4.12. The zero-order chi connectivity index (χ0) is 17.6. The predicted octanol–water partition coefficient (Wildman–Crippen LogP) is 2.66. The molecule has 1 aliphatic heterocycles. The lowest BCUT2D eigenvalue weighted by atomic mass is 10.1. The molecule has 0 aromatic heterocycles. The minimum atomic E-state index is 0.0830. The van der Waals surface area contributed by atoms with E-state index in [0.717, 1.165) is 44.2 Å². The molecule has 0 saturated carbocycles. The van der Waals surface area contributed by atoms with Crippen molar-refractivity contribution in [3.8, 4) is 11.5 Å². The van der Waals surface area contributed by atoms with E-state index < -0.39 is 0 Å². The second-order valence-electron chi connectivity index (χ2n) is 6.11. The highest BCUT2D eigenvalue weighted by Crippen LogP contribution is 2.20. The molecular formula is C20H24N2O3. The number of nitrogens with zero attached hydrogens (tertiary/aromatic N) is 2. The van der Waals surface area contributed by atoms with Crippen LogP contribution in [0.15, 0.2) is 48.5 Å². The number of rotatable bonds is 5. The third-order valence-corrected chi connectivity index (χ3v) is 4.58. The highest BCUT2D eigenvalue weighted by molar-refractivity contribution is 5.94. The lowest BCUT2D eigenvalue weighted by Crippen LogP contribution is -2.48. The molecule has 0 aliphatic carbocycles. The lowest BCUT2D eigenvalue weighted by molar-refractivity contribution is 0.0627. The van der Waals surface area contributed by atoms with Gasteiger partial charge in [0, 0.05) is 43.9 Å². The minimum Gasteiger partial charge on any atom is -0.497 e. The van der Waals surface area contributed by atoms with Crippen LogP contribution in [0.4, 0.5) is 0 Å². The zero-order valence-corrected chi connectivity index (χ0v) is 14.8. The minimum absolute atomic E-state index is 0.0830. The molecule has 0 spiro atoms. The van der Waals surface area contributed by atoms with Gasteiger partial charge in [-0.3, -0.25) is 9.69 Å². The SMILES string of the molecule is COc1ccc(C(=O)N2CCN(Cc3ccccc3OC)CC2)cc1. The van der Waals surface area contributed by atoms with E-state index in [9.17, 15) is 4.79 Å². The number of carbonyl (C=O) groups excluding carboxylic acids is 1. The van der Waals surface area contributed by atoms with Gasteiger partial charge >= 0.3 is 0 Å². The molecule has 2 aromatic carbocycles. The lowest BCUT2D eigenvalue weighted by Gasteiger charge is -2.35. The standard InChI is InChI=1S/C20H24N2O3/c1-24-18-9-7-16(8-10-18)20(23)22-13-11-21(12-14-22)15-17-5-3-4-6-19(17)25-2/h3-10H,11-15H2,1-2H3. The summed E-state index contributed by atoms with van der Waals surface area (Å²) in [5.41, 5.74) is 1.89. The van der Waals surface area contributed by atoms with E-state index >= 15 is 0 Å². The molecule has 0 unspecified atom stereocenters. The van der Waals surface area contributed by atoms with Crippen LogP contribution in [0.5, 0.6) is 11.5 Å². The number of para-hydroxylation sites is 1. The normalized spacial score (nSPS) is 15.0. The topological polar surface area (TPSA) is 42.0 Å². The highest BCUT2D eigenvalue weighted by atomic mass is 16.5. The second-order valence-corrected chi connectivity index (χ2v) is 6.11. The molecular weight excluding hydrogens is 316 g/mol. The Kier molecular flexibility index (Phi) is 5.56. The van der Waals surface area contributed by atoms with Crippen LogP contribution >= 0.6 is 0 Å². The van der Waals surface area contributed by atoms with E-state index in [2.05, 4.69) is 11.0 Å². The molecule has 25 heavy (non-hydrogen) atoms. The Bertz CT molecular complexity index is 707. The van der Waals surface area contributed by atoms with E-state index in [1.54, 1.807) is 14.2 Å². The summed E-state index contributed by atoms with van der Waals surface area (Å²) >= 11 is 0. The maximum absolute atomic E-state index is 12.6. The van der Waals surface area contributed by atoms with Gasteiger partial charge in [0.2, 0.25) is 0 Å². The fraction of sp³-hybridized carbons (Fsp3) is 0.350. The van der Waals surface area contributed by atoms with Gasteiger partial charge in [0.1, 0.15) is 11.5 Å². The fourth-order valence-electron chi connectivity index (χ4n) is 3.10. The fourth-order valence-corrected chi connectivity index (χ4v) is 3.10. The molecule has 2 aromatic rings. The molecule has 5 nitrogen and oxygen atoms in total. The summed E-state index contributed by atoms with van der Waals surface area (Å²) < 4.78 is 10.6. The average molecular weight is 340 g/mol. The second kappa shape index (κ2) is 8.03. The van der Waals surface area contributed by atoms with Crippen LogP contribution in [0.25, 0.3) is 0 Å². The van der Waals surface area contributed by atoms with Crippen LogP contribution in [0, 0.1) is 0 Å². The summed E-state index contributed by atoms with van der Waals surface area (Å²) in [5, 5.41) is 0. The van der Waals surface area contributed by atoms with E-state index in [1.807, 2.05) is 47.4 Å². The molecule has 1 fully saturated rings. The van der Waals surface area contributed by atoms with Crippen molar-refractivity contribution in [2.24, 2.45) is 0 Å². The molecule has 132 valence electrons. The van der Waals surface area contributed by atoms with Gasteiger partial charge in [-0.25, -0.2) is 0 Å². The van der Waals surface area contributed by atoms with Gasteiger partial charge in [0.15, 0.2) is 0 Å². The van der Waals surface area contributed by atoms with Gasteiger partial charge in [-0.1, -0.05) is 18.2 Å². The van der Waals surface area contributed by atoms with Gasteiger partial charge in [-0.05, 0) is 30.3 Å². The number of carbonyl (C=O) groups is 1. The first-order chi connectivity index (χ1) is 12.2. The largest absolute Gasteiger partial charge is 0.497 e. The third-order valence-electron chi connectivity index (χ3n) is 4.58. The summed E-state index contributed by atoms with van der Waals surface area (Å²) in [5.74, 6) is 1.76. The molecule has 1 heterocycles. The van der Waals surface area contributed by atoms with Crippen LogP contribution < -0.4 is 9.47 Å². The monoisotopic (exact) mass is 340 g/mol. The van der Waals surface area contributed by atoms with Crippen molar-refractivity contribution in [3.05, 3.63) is 59.7 Å². The van der Waals surface area contributed by atoms with Crippen molar-refractivity contribution in [1.82, 2.24) is 9.80 Å². The summed E-state index contributed by atoms with van der Waals surface area (Å²) in [4.78, 5) is 16.9. The van der Waals surface area contributed by atoms with Crippen LogP contribution in [-0.4, -0.2) is 56.1 Å². The van der Waals surface area contributed by atoms with Crippen molar-refractivity contribution < 1.29 is 14.3 Å². The Hall–Kier alpha value is -2.53. The summed E-state index contributed by atoms with van der Waals surface area (Å²) in [6.07, 6.45) is 0. The van der Waals surface area contributed by atoms with Crippen LogP contribution in [-0.2, 0) is 6.54 Å². The number of piperazine rings is 1. The van der Waals surface area contributed by atoms with E-state index in [1.165, 1.54) is 5.56 Å². The molecule has 0 atom stereocenters.